The molecule has 5 rings (SSSR count). The first-order valence-corrected chi connectivity index (χ1v) is 10.2. The highest BCUT2D eigenvalue weighted by molar-refractivity contribution is 6.31. The van der Waals surface area contributed by atoms with Crippen molar-refractivity contribution in [1.82, 2.24) is 0 Å². The number of hydrogen-bond donors (Lipinski definition) is 1. The molecule has 2 fully saturated rings. The van der Waals surface area contributed by atoms with Crippen LogP contribution in [0.2, 0.25) is 5.02 Å². The van der Waals surface area contributed by atoms with E-state index in [2.05, 4.69) is 0 Å². The number of para-hydroxylation sites is 2. The fourth-order valence-corrected chi connectivity index (χ4v) is 4.57. The summed E-state index contributed by atoms with van der Waals surface area (Å²) in [6.07, 6.45) is -1.04. The molecule has 0 aliphatic carbocycles. The second kappa shape index (κ2) is 7.11. The summed E-state index contributed by atoms with van der Waals surface area (Å²) in [5, 5.41) is 12.7. The zero-order valence-electron chi connectivity index (χ0n) is 16.6. The van der Waals surface area contributed by atoms with Gasteiger partial charge in [0.1, 0.15) is 17.2 Å². The monoisotopic (exact) mass is 434 g/mol. The summed E-state index contributed by atoms with van der Waals surface area (Å²) in [6, 6.07) is 21.9. The van der Waals surface area contributed by atoms with Gasteiger partial charge in [-0.25, -0.2) is 9.96 Å². The summed E-state index contributed by atoms with van der Waals surface area (Å²) < 4.78 is 0. The minimum atomic E-state index is -1.26. The van der Waals surface area contributed by atoms with Gasteiger partial charge in [-0.1, -0.05) is 48.0 Å². The van der Waals surface area contributed by atoms with E-state index in [9.17, 15) is 14.7 Å². The molecule has 2 amide bonds. The second-order valence-corrected chi connectivity index (χ2v) is 8.28. The summed E-state index contributed by atoms with van der Waals surface area (Å²) in [7, 11) is 0. The molecule has 1 N–H and O–H groups in total. The zero-order chi connectivity index (χ0) is 21.8. The first kappa shape index (κ1) is 19.6. The van der Waals surface area contributed by atoms with Crippen molar-refractivity contribution in [2.45, 2.75) is 19.1 Å². The van der Waals surface area contributed by atoms with Gasteiger partial charge in [0.25, 0.3) is 5.91 Å². The molecule has 3 unspecified atom stereocenters. The van der Waals surface area contributed by atoms with Crippen molar-refractivity contribution < 1.29 is 19.5 Å². The van der Waals surface area contributed by atoms with Crippen molar-refractivity contribution in [2.24, 2.45) is 5.41 Å². The fraction of sp³-hybridized carbons (Fsp3) is 0.167. The SMILES string of the molecule is CC12C(=O)N(c3ccc(Cl)cc3)C(=O)C1ON(c1ccccc1)C2c1ccccc1O. The Bertz CT molecular complexity index is 1170. The molecule has 156 valence electrons. The lowest BCUT2D eigenvalue weighted by Gasteiger charge is -2.33. The number of imide groups is 1. The lowest BCUT2D eigenvalue weighted by Crippen LogP contribution is -2.41. The summed E-state index contributed by atoms with van der Waals surface area (Å²) >= 11 is 5.97. The first-order chi connectivity index (χ1) is 14.9. The number of carbonyl (C=O) groups excluding carboxylic acids is 2. The Morgan fingerprint density at radius 2 is 1.55 bits per heavy atom. The minimum absolute atomic E-state index is 0.0316. The number of halogens is 1. The minimum Gasteiger partial charge on any atom is -0.508 e. The van der Waals surface area contributed by atoms with Gasteiger partial charge >= 0.3 is 0 Å². The van der Waals surface area contributed by atoms with E-state index in [0.29, 0.717) is 22.0 Å². The molecule has 2 aliphatic heterocycles. The van der Waals surface area contributed by atoms with Crippen LogP contribution in [-0.4, -0.2) is 23.0 Å². The normalized spacial score (nSPS) is 25.2. The summed E-state index contributed by atoms with van der Waals surface area (Å²) in [6.45, 7) is 1.72. The number of anilines is 2. The van der Waals surface area contributed by atoms with E-state index in [0.717, 1.165) is 4.90 Å². The summed E-state index contributed by atoms with van der Waals surface area (Å²) in [5.74, 6) is -0.811. The third-order valence-corrected chi connectivity index (χ3v) is 6.25. The molecule has 2 saturated heterocycles. The highest BCUT2D eigenvalue weighted by Crippen LogP contribution is 2.56. The number of phenolic OH excluding ortho intramolecular Hbond substituents is 1. The van der Waals surface area contributed by atoms with Gasteiger partial charge in [0.2, 0.25) is 5.91 Å². The number of hydrogen-bond acceptors (Lipinski definition) is 5. The van der Waals surface area contributed by atoms with Gasteiger partial charge < -0.3 is 5.11 Å². The smallest absolute Gasteiger partial charge is 0.266 e. The molecule has 0 bridgehead atoms. The predicted molar refractivity (Wildman–Crippen MR) is 117 cm³/mol. The topological polar surface area (TPSA) is 70.1 Å². The highest BCUT2D eigenvalue weighted by Gasteiger charge is 2.69. The lowest BCUT2D eigenvalue weighted by molar-refractivity contribution is -0.128. The summed E-state index contributed by atoms with van der Waals surface area (Å²) in [5.41, 5.74) is 0.368. The Labute approximate surface area is 184 Å². The van der Waals surface area contributed by atoms with Gasteiger partial charge in [0.05, 0.1) is 11.4 Å². The van der Waals surface area contributed by atoms with Crippen LogP contribution < -0.4 is 9.96 Å². The number of aromatic hydroxyl groups is 1. The van der Waals surface area contributed by atoms with Crippen LogP contribution in [0.15, 0.2) is 78.9 Å². The Balaban J connectivity index is 1.66. The van der Waals surface area contributed by atoms with Crippen molar-refractivity contribution >= 4 is 34.8 Å². The molecule has 3 aromatic carbocycles. The fourth-order valence-electron chi connectivity index (χ4n) is 4.45. The Hall–Kier alpha value is -3.35. The maximum Gasteiger partial charge on any atom is 0.266 e. The van der Waals surface area contributed by atoms with Crippen LogP contribution in [0.5, 0.6) is 5.75 Å². The van der Waals surface area contributed by atoms with E-state index in [4.69, 9.17) is 16.4 Å². The molecule has 3 atom stereocenters. The molecule has 3 aromatic rings. The van der Waals surface area contributed by atoms with Gasteiger partial charge in [0, 0.05) is 10.6 Å². The molecule has 2 aliphatic rings. The van der Waals surface area contributed by atoms with Crippen LogP contribution in [0.3, 0.4) is 0 Å². The maximum absolute atomic E-state index is 13.8. The number of carbonyl (C=O) groups is 2. The molecule has 0 aromatic heterocycles. The molecular weight excluding hydrogens is 416 g/mol. The van der Waals surface area contributed by atoms with Crippen LogP contribution in [0, 0.1) is 5.41 Å². The van der Waals surface area contributed by atoms with Crippen molar-refractivity contribution in [3.8, 4) is 5.75 Å². The Kier molecular flexibility index (Phi) is 4.50. The highest BCUT2D eigenvalue weighted by atomic mass is 35.5. The van der Waals surface area contributed by atoms with Gasteiger partial charge in [-0.15, -0.1) is 0 Å². The summed E-state index contributed by atoms with van der Waals surface area (Å²) in [4.78, 5) is 34.4. The van der Waals surface area contributed by atoms with Gasteiger partial charge in [-0.3, -0.25) is 14.4 Å². The number of rotatable bonds is 3. The van der Waals surface area contributed by atoms with E-state index in [1.54, 1.807) is 60.5 Å². The molecule has 0 radical (unpaired) electrons. The Morgan fingerprint density at radius 3 is 2.23 bits per heavy atom. The number of nitrogens with zero attached hydrogens (tertiary/aromatic N) is 2. The van der Waals surface area contributed by atoms with Crippen LogP contribution >= 0.6 is 11.6 Å². The number of fused-ring (bicyclic) bond motifs is 1. The van der Waals surface area contributed by atoms with Crippen LogP contribution in [0.4, 0.5) is 11.4 Å². The van der Waals surface area contributed by atoms with Crippen molar-refractivity contribution in [3.05, 3.63) is 89.4 Å². The number of phenols is 1. The molecule has 31 heavy (non-hydrogen) atoms. The average Bonchev–Trinajstić information content (AvgIpc) is 3.19. The van der Waals surface area contributed by atoms with Crippen LogP contribution in [0.25, 0.3) is 0 Å². The van der Waals surface area contributed by atoms with Crippen LogP contribution in [0.1, 0.15) is 18.5 Å². The van der Waals surface area contributed by atoms with Gasteiger partial charge in [-0.2, -0.15) is 0 Å². The van der Waals surface area contributed by atoms with Crippen molar-refractivity contribution in [2.75, 3.05) is 9.96 Å². The number of hydroxylamine groups is 1. The molecule has 0 saturated carbocycles. The lowest BCUT2D eigenvalue weighted by atomic mass is 9.76. The van der Waals surface area contributed by atoms with E-state index in [-0.39, 0.29) is 5.75 Å². The van der Waals surface area contributed by atoms with E-state index >= 15 is 0 Å². The van der Waals surface area contributed by atoms with Gasteiger partial charge in [0.15, 0.2) is 6.10 Å². The number of amides is 2. The van der Waals surface area contributed by atoms with Gasteiger partial charge in [-0.05, 0) is 49.4 Å². The number of benzene rings is 3. The third kappa shape index (κ3) is 2.83. The first-order valence-electron chi connectivity index (χ1n) is 9.86. The average molecular weight is 435 g/mol. The quantitative estimate of drug-likeness (QED) is 0.615. The van der Waals surface area contributed by atoms with E-state index in [1.807, 2.05) is 30.3 Å². The molecule has 7 heteroatoms. The van der Waals surface area contributed by atoms with E-state index in [1.165, 1.54) is 0 Å². The third-order valence-electron chi connectivity index (χ3n) is 6.00. The zero-order valence-corrected chi connectivity index (χ0v) is 17.4. The molecular formula is C24H19ClN2O4. The molecule has 6 nitrogen and oxygen atoms in total. The van der Waals surface area contributed by atoms with E-state index < -0.39 is 29.4 Å². The van der Waals surface area contributed by atoms with Crippen LogP contribution in [-0.2, 0) is 14.4 Å². The van der Waals surface area contributed by atoms with Crippen molar-refractivity contribution in [1.29, 1.82) is 0 Å². The molecule has 0 spiro atoms. The van der Waals surface area contributed by atoms with Crippen molar-refractivity contribution in [3.63, 3.8) is 0 Å². The largest absolute Gasteiger partial charge is 0.508 e. The predicted octanol–water partition coefficient (Wildman–Crippen LogP) is 4.49. The molecule has 2 heterocycles. The maximum atomic E-state index is 13.8. The standard InChI is InChI=1S/C24H19ClN2O4/c1-24-20(18-9-5-6-10-19(18)28)27(17-7-3-2-4-8-17)31-21(24)22(29)26(23(24)30)16-13-11-15(25)12-14-16/h2-14,20-21,28H,1H3. The Morgan fingerprint density at radius 1 is 0.903 bits per heavy atom. The second-order valence-electron chi connectivity index (χ2n) is 7.85.